The summed E-state index contributed by atoms with van der Waals surface area (Å²) in [6, 6.07) is 9.75. The van der Waals surface area contributed by atoms with Gasteiger partial charge < -0.3 is 10.1 Å². The first-order valence-corrected chi connectivity index (χ1v) is 10.9. The van der Waals surface area contributed by atoms with Crippen LogP contribution in [0.2, 0.25) is 0 Å². The number of aromatic nitrogens is 4. The molecule has 33 heavy (non-hydrogen) atoms. The zero-order valence-electron chi connectivity index (χ0n) is 17.0. The number of nitrogens with one attached hydrogen (secondary N) is 2. The van der Waals surface area contributed by atoms with Gasteiger partial charge in [0.25, 0.3) is 11.8 Å². The Morgan fingerprint density at radius 3 is 2.48 bits per heavy atom. The molecule has 10 nitrogen and oxygen atoms in total. The highest BCUT2D eigenvalue weighted by Gasteiger charge is 2.38. The number of hydrogen-bond acceptors (Lipinski definition) is 9. The molecule has 0 saturated heterocycles. The summed E-state index contributed by atoms with van der Waals surface area (Å²) in [4.78, 5) is 13.1. The van der Waals surface area contributed by atoms with E-state index in [9.17, 15) is 22.2 Å². The topological polar surface area (TPSA) is 155 Å². The highest BCUT2D eigenvalue weighted by Crippen LogP contribution is 2.34. The number of nitriles is 1. The number of benzene rings is 1. The maximum absolute atomic E-state index is 13.4. The number of rotatable bonds is 5. The average molecular weight is 477 g/mol. The fourth-order valence-corrected chi connectivity index (χ4v) is 3.34. The largest absolute Gasteiger partial charge is 0.435 e. The van der Waals surface area contributed by atoms with Crippen LogP contribution >= 0.6 is 0 Å². The quantitative estimate of drug-likeness (QED) is 0.565. The van der Waals surface area contributed by atoms with Crippen molar-refractivity contribution in [3.05, 3.63) is 58.9 Å². The van der Waals surface area contributed by atoms with Crippen LogP contribution in [0.1, 0.15) is 27.3 Å². The molecule has 0 radical (unpaired) electrons. The molecular weight excluding hydrogens is 463 g/mol. The van der Waals surface area contributed by atoms with Crippen molar-refractivity contribution in [3.63, 3.8) is 0 Å². The molecule has 2 aromatic heterocycles. The van der Waals surface area contributed by atoms with Crippen molar-refractivity contribution in [2.75, 3.05) is 11.6 Å². The lowest BCUT2D eigenvalue weighted by Crippen LogP contribution is -2.21. The molecule has 0 aliphatic carbocycles. The molecule has 0 saturated carbocycles. The highest BCUT2D eigenvalue weighted by molar-refractivity contribution is 7.91. The predicted octanol–water partition coefficient (Wildman–Crippen LogP) is 3.55. The maximum atomic E-state index is 13.4. The number of carbonyl (C=O) groups is 1. The van der Waals surface area contributed by atoms with E-state index in [0.717, 1.165) is 6.92 Å². The lowest BCUT2D eigenvalue weighted by atomic mass is 10.1. The molecule has 170 valence electrons. The maximum Gasteiger partial charge on any atom is 0.435 e. The second-order valence-electron chi connectivity index (χ2n) is 6.65. The number of ether oxygens (including phenoxy) is 1. The summed E-state index contributed by atoms with van der Waals surface area (Å²) in [5.74, 6) is -1.83. The Bertz CT molecular complexity index is 1370. The summed E-state index contributed by atoms with van der Waals surface area (Å²) in [7, 11) is -3.10. The zero-order valence-corrected chi connectivity index (χ0v) is 17.8. The Labute approximate surface area is 185 Å². The van der Waals surface area contributed by atoms with Crippen molar-refractivity contribution < 1.29 is 26.9 Å². The van der Waals surface area contributed by atoms with Crippen molar-refractivity contribution in [2.24, 2.45) is 0 Å². The third kappa shape index (κ3) is 5.39. The van der Waals surface area contributed by atoms with E-state index in [-0.39, 0.29) is 22.2 Å². The van der Waals surface area contributed by atoms with Crippen LogP contribution in [0.4, 0.5) is 18.9 Å². The molecule has 0 aliphatic heterocycles. The Hall–Kier alpha value is -4.12. The van der Waals surface area contributed by atoms with Crippen LogP contribution in [-0.4, -0.2) is 36.8 Å². The number of anilines is 1. The first kappa shape index (κ1) is 23.5. The van der Waals surface area contributed by atoms with Gasteiger partial charge in [-0.15, -0.1) is 20.4 Å². The molecular formula is C19H14F3N7O3S. The van der Waals surface area contributed by atoms with Gasteiger partial charge in [0, 0.05) is 22.9 Å². The fraction of sp³-hybridized carbons (Fsp3) is 0.158. The average Bonchev–Trinajstić information content (AvgIpc) is 2.73. The van der Waals surface area contributed by atoms with Gasteiger partial charge in [-0.2, -0.15) is 18.4 Å². The van der Waals surface area contributed by atoms with Gasteiger partial charge in [-0.25, -0.2) is 8.99 Å². The number of nitrogens with zero attached hydrogens (tertiary/aromatic N) is 5. The van der Waals surface area contributed by atoms with Crippen LogP contribution in [0.15, 0.2) is 41.3 Å². The van der Waals surface area contributed by atoms with Crippen LogP contribution in [0.25, 0.3) is 0 Å². The molecule has 1 amide bonds. The summed E-state index contributed by atoms with van der Waals surface area (Å²) in [5.41, 5.74) is -2.45. The molecule has 2 N–H and O–H groups in total. The van der Waals surface area contributed by atoms with Crippen LogP contribution in [0.5, 0.6) is 11.8 Å². The van der Waals surface area contributed by atoms with E-state index >= 15 is 0 Å². The standard InChI is InChI=1S/C19H14F3N7O3S/c1-10-15(17(30)25-11-4-3-5-13(8-11)33(2,24)31)18(29-28-16(10)19(20,21)22)32-14-7-6-12(9-23)26-27-14/h3-8,24H,1-2H3,(H,25,30). The summed E-state index contributed by atoms with van der Waals surface area (Å²) < 4.78 is 65.0. The van der Waals surface area contributed by atoms with Gasteiger partial charge in [-0.05, 0) is 36.8 Å². The smallest absolute Gasteiger partial charge is 0.417 e. The van der Waals surface area contributed by atoms with E-state index in [1.165, 1.54) is 42.7 Å². The summed E-state index contributed by atoms with van der Waals surface area (Å²) >= 11 is 0. The third-order valence-electron chi connectivity index (χ3n) is 4.18. The minimum Gasteiger partial charge on any atom is -0.417 e. The van der Waals surface area contributed by atoms with E-state index in [0.29, 0.717) is 0 Å². The molecule has 14 heteroatoms. The van der Waals surface area contributed by atoms with Gasteiger partial charge in [0.1, 0.15) is 11.6 Å². The second-order valence-corrected chi connectivity index (χ2v) is 8.81. The number of halogens is 3. The molecule has 1 atom stereocenters. The number of amides is 1. The molecule has 3 rings (SSSR count). The monoisotopic (exact) mass is 477 g/mol. The molecule has 2 heterocycles. The normalized spacial score (nSPS) is 13.0. The van der Waals surface area contributed by atoms with E-state index in [1.807, 2.05) is 0 Å². The Morgan fingerprint density at radius 2 is 1.91 bits per heavy atom. The van der Waals surface area contributed by atoms with Crippen LogP contribution in [-0.2, 0) is 15.9 Å². The first-order valence-electron chi connectivity index (χ1n) is 8.91. The Morgan fingerprint density at radius 1 is 1.18 bits per heavy atom. The van der Waals surface area contributed by atoms with Gasteiger partial charge in [-0.3, -0.25) is 4.79 Å². The molecule has 1 unspecified atom stereocenters. The molecule has 1 aromatic carbocycles. The summed E-state index contributed by atoms with van der Waals surface area (Å²) in [5, 5.41) is 24.8. The molecule has 3 aromatic rings. The van der Waals surface area contributed by atoms with Crippen LogP contribution in [0.3, 0.4) is 0 Å². The van der Waals surface area contributed by atoms with E-state index < -0.39 is 44.5 Å². The Kier molecular flexibility index (Phi) is 6.27. The summed E-state index contributed by atoms with van der Waals surface area (Å²) in [6.45, 7) is 1.03. The van der Waals surface area contributed by atoms with Gasteiger partial charge in [-0.1, -0.05) is 6.07 Å². The molecule has 0 bridgehead atoms. The molecule has 0 aliphatic rings. The lowest BCUT2D eigenvalue weighted by molar-refractivity contribution is -0.142. The second kappa shape index (κ2) is 8.79. The number of hydrogen-bond donors (Lipinski definition) is 2. The van der Waals surface area contributed by atoms with Gasteiger partial charge in [0.15, 0.2) is 11.4 Å². The van der Waals surface area contributed by atoms with Crippen molar-refractivity contribution in [1.82, 2.24) is 20.4 Å². The first-order chi connectivity index (χ1) is 15.4. The van der Waals surface area contributed by atoms with Gasteiger partial charge in [0.2, 0.25) is 5.88 Å². The highest BCUT2D eigenvalue weighted by atomic mass is 32.2. The van der Waals surface area contributed by atoms with Gasteiger partial charge in [0.05, 0.1) is 9.73 Å². The van der Waals surface area contributed by atoms with E-state index in [1.54, 1.807) is 6.07 Å². The SMILES string of the molecule is Cc1c(C(F)(F)F)nnc(Oc2ccc(C#N)nn2)c1C(=O)Nc1cccc(S(C)(=N)=O)c1. The van der Waals surface area contributed by atoms with Gasteiger partial charge >= 0.3 is 6.18 Å². The lowest BCUT2D eigenvalue weighted by Gasteiger charge is -2.15. The molecule has 0 fully saturated rings. The van der Waals surface area contributed by atoms with Crippen molar-refractivity contribution >= 4 is 21.3 Å². The third-order valence-corrected chi connectivity index (χ3v) is 5.33. The number of alkyl halides is 3. The minimum atomic E-state index is -4.89. The molecule has 0 spiro atoms. The van der Waals surface area contributed by atoms with Crippen molar-refractivity contribution in [2.45, 2.75) is 18.0 Å². The Balaban J connectivity index is 2.05. The number of carbonyl (C=O) groups excluding carboxylic acids is 1. The fourth-order valence-electron chi connectivity index (χ4n) is 2.65. The summed E-state index contributed by atoms with van der Waals surface area (Å²) in [6.07, 6.45) is -3.71. The van der Waals surface area contributed by atoms with Crippen molar-refractivity contribution in [1.29, 1.82) is 10.0 Å². The van der Waals surface area contributed by atoms with E-state index in [2.05, 4.69) is 25.7 Å². The minimum absolute atomic E-state index is 0.0308. The predicted molar refractivity (Wildman–Crippen MR) is 108 cm³/mol. The zero-order chi connectivity index (χ0) is 24.4. The van der Waals surface area contributed by atoms with E-state index in [4.69, 9.17) is 14.8 Å². The van der Waals surface area contributed by atoms with Crippen LogP contribution in [0, 0.1) is 23.0 Å². The van der Waals surface area contributed by atoms with Crippen LogP contribution < -0.4 is 10.1 Å². The van der Waals surface area contributed by atoms with Crippen molar-refractivity contribution in [3.8, 4) is 17.8 Å².